The zero-order chi connectivity index (χ0) is 15.5. The van der Waals surface area contributed by atoms with Crippen LogP contribution < -0.4 is 5.32 Å². The van der Waals surface area contributed by atoms with E-state index >= 15 is 0 Å². The van der Waals surface area contributed by atoms with Crippen LogP contribution in [0.3, 0.4) is 0 Å². The Morgan fingerprint density at radius 2 is 2.14 bits per heavy atom. The lowest BCUT2D eigenvalue weighted by Gasteiger charge is -2.05. The van der Waals surface area contributed by atoms with E-state index < -0.39 is 0 Å². The van der Waals surface area contributed by atoms with E-state index in [-0.39, 0.29) is 5.91 Å². The minimum absolute atomic E-state index is 0.0886. The Balaban J connectivity index is 1.54. The van der Waals surface area contributed by atoms with Gasteiger partial charge in [0.05, 0.1) is 23.5 Å². The number of hydrogen-bond acceptors (Lipinski definition) is 3. The van der Waals surface area contributed by atoms with Crippen LogP contribution >= 0.6 is 0 Å². The normalized spacial score (nSPS) is 11.0. The molecule has 3 rings (SSSR count). The van der Waals surface area contributed by atoms with E-state index in [2.05, 4.69) is 34.6 Å². The summed E-state index contributed by atoms with van der Waals surface area (Å²) in [6.45, 7) is 3.48. The number of rotatable bonds is 5. The number of aryl methyl sites for hydroxylation is 3. The number of carbonyl (C=O) groups is 1. The number of aromatic nitrogens is 4. The van der Waals surface area contributed by atoms with Crippen LogP contribution in [0.5, 0.6) is 0 Å². The monoisotopic (exact) mass is 297 g/mol. The molecule has 0 aliphatic heterocycles. The van der Waals surface area contributed by atoms with Gasteiger partial charge in [0, 0.05) is 31.7 Å². The van der Waals surface area contributed by atoms with E-state index in [0.717, 1.165) is 18.5 Å². The van der Waals surface area contributed by atoms with Gasteiger partial charge in [0.25, 0.3) is 5.91 Å². The predicted molar refractivity (Wildman–Crippen MR) is 84.6 cm³/mol. The SMILES string of the molecule is Cc1cccc2c1cnn2CCCNC(=O)c1cnn(C)c1. The van der Waals surface area contributed by atoms with Crippen molar-refractivity contribution in [2.24, 2.45) is 7.05 Å². The Morgan fingerprint density at radius 1 is 1.27 bits per heavy atom. The van der Waals surface area contributed by atoms with Gasteiger partial charge in [-0.2, -0.15) is 10.2 Å². The van der Waals surface area contributed by atoms with E-state index in [4.69, 9.17) is 0 Å². The van der Waals surface area contributed by atoms with Gasteiger partial charge < -0.3 is 5.32 Å². The molecule has 0 aliphatic rings. The maximum atomic E-state index is 11.9. The van der Waals surface area contributed by atoms with Crippen LogP contribution in [0.2, 0.25) is 0 Å². The van der Waals surface area contributed by atoms with Gasteiger partial charge in [0.1, 0.15) is 0 Å². The van der Waals surface area contributed by atoms with E-state index in [0.29, 0.717) is 12.1 Å². The van der Waals surface area contributed by atoms with Gasteiger partial charge in [0.2, 0.25) is 0 Å². The second-order valence-electron chi connectivity index (χ2n) is 5.39. The number of benzene rings is 1. The number of nitrogens with one attached hydrogen (secondary N) is 1. The molecule has 0 atom stereocenters. The van der Waals surface area contributed by atoms with Crippen molar-refractivity contribution < 1.29 is 4.79 Å². The molecule has 0 unspecified atom stereocenters. The van der Waals surface area contributed by atoms with E-state index in [1.807, 2.05) is 16.9 Å². The van der Waals surface area contributed by atoms with Crippen molar-refractivity contribution in [1.82, 2.24) is 24.9 Å². The second-order valence-corrected chi connectivity index (χ2v) is 5.39. The van der Waals surface area contributed by atoms with Crippen molar-refractivity contribution in [2.45, 2.75) is 19.9 Å². The van der Waals surface area contributed by atoms with Gasteiger partial charge in [-0.25, -0.2) is 0 Å². The van der Waals surface area contributed by atoms with Crippen molar-refractivity contribution in [3.63, 3.8) is 0 Å². The fourth-order valence-corrected chi connectivity index (χ4v) is 2.50. The zero-order valence-corrected chi connectivity index (χ0v) is 12.8. The molecule has 0 saturated carbocycles. The smallest absolute Gasteiger partial charge is 0.254 e. The Kier molecular flexibility index (Phi) is 3.91. The number of hydrogen-bond donors (Lipinski definition) is 1. The van der Waals surface area contributed by atoms with Crippen LogP contribution in [-0.4, -0.2) is 32.0 Å². The van der Waals surface area contributed by atoms with Gasteiger partial charge in [-0.3, -0.25) is 14.2 Å². The fraction of sp³-hybridized carbons (Fsp3) is 0.312. The molecular weight excluding hydrogens is 278 g/mol. The summed E-state index contributed by atoms with van der Waals surface area (Å²) in [5, 5.41) is 12.5. The highest BCUT2D eigenvalue weighted by Crippen LogP contribution is 2.17. The summed E-state index contributed by atoms with van der Waals surface area (Å²) < 4.78 is 3.60. The minimum atomic E-state index is -0.0886. The molecule has 1 amide bonds. The Morgan fingerprint density at radius 3 is 2.91 bits per heavy atom. The zero-order valence-electron chi connectivity index (χ0n) is 12.8. The molecule has 1 aromatic carbocycles. The summed E-state index contributed by atoms with van der Waals surface area (Å²) in [5.41, 5.74) is 2.95. The predicted octanol–water partition coefficient (Wildman–Crippen LogP) is 1.90. The van der Waals surface area contributed by atoms with Crippen molar-refractivity contribution >= 4 is 16.8 Å². The van der Waals surface area contributed by atoms with Crippen molar-refractivity contribution in [1.29, 1.82) is 0 Å². The van der Waals surface area contributed by atoms with Crippen molar-refractivity contribution in [3.8, 4) is 0 Å². The summed E-state index contributed by atoms with van der Waals surface area (Å²) in [6, 6.07) is 6.20. The van der Waals surface area contributed by atoms with Gasteiger partial charge in [-0.15, -0.1) is 0 Å². The molecule has 0 radical (unpaired) electrons. The first-order chi connectivity index (χ1) is 10.6. The van der Waals surface area contributed by atoms with Gasteiger partial charge >= 0.3 is 0 Å². The Labute approximate surface area is 128 Å². The molecule has 0 aliphatic carbocycles. The molecule has 2 aromatic heterocycles. The summed E-state index contributed by atoms with van der Waals surface area (Å²) in [4.78, 5) is 11.9. The molecule has 0 spiro atoms. The summed E-state index contributed by atoms with van der Waals surface area (Å²) >= 11 is 0. The minimum Gasteiger partial charge on any atom is -0.352 e. The molecule has 114 valence electrons. The van der Waals surface area contributed by atoms with Crippen LogP contribution in [0, 0.1) is 6.92 Å². The van der Waals surface area contributed by atoms with E-state index in [1.165, 1.54) is 10.9 Å². The van der Waals surface area contributed by atoms with Crippen LogP contribution in [0.4, 0.5) is 0 Å². The largest absolute Gasteiger partial charge is 0.352 e. The first kappa shape index (κ1) is 14.3. The third-order valence-electron chi connectivity index (χ3n) is 3.70. The third kappa shape index (κ3) is 2.86. The number of amides is 1. The molecule has 6 nitrogen and oxygen atoms in total. The molecule has 0 fully saturated rings. The molecule has 2 heterocycles. The molecule has 0 bridgehead atoms. The second kappa shape index (κ2) is 6.01. The fourth-order valence-electron chi connectivity index (χ4n) is 2.50. The third-order valence-corrected chi connectivity index (χ3v) is 3.70. The van der Waals surface area contributed by atoms with Crippen LogP contribution in [0.1, 0.15) is 22.3 Å². The lowest BCUT2D eigenvalue weighted by Crippen LogP contribution is -2.25. The summed E-state index contributed by atoms with van der Waals surface area (Å²) in [5.74, 6) is -0.0886. The lowest BCUT2D eigenvalue weighted by atomic mass is 10.1. The molecular formula is C16H19N5O. The number of carbonyl (C=O) groups excluding carboxylic acids is 1. The lowest BCUT2D eigenvalue weighted by molar-refractivity contribution is 0.0952. The van der Waals surface area contributed by atoms with E-state index in [1.54, 1.807) is 24.1 Å². The Hall–Kier alpha value is -2.63. The Bertz CT molecular complexity index is 802. The highest BCUT2D eigenvalue weighted by Gasteiger charge is 2.07. The first-order valence-corrected chi connectivity index (χ1v) is 7.33. The average molecular weight is 297 g/mol. The number of nitrogens with zero attached hydrogens (tertiary/aromatic N) is 4. The van der Waals surface area contributed by atoms with Gasteiger partial charge in [-0.05, 0) is 25.0 Å². The topological polar surface area (TPSA) is 64.7 Å². The maximum absolute atomic E-state index is 11.9. The molecule has 6 heteroatoms. The standard InChI is InChI=1S/C16H19N5O/c1-12-5-3-6-15-14(12)10-19-21(15)8-4-7-17-16(22)13-9-18-20(2)11-13/h3,5-6,9-11H,4,7-8H2,1-2H3,(H,17,22). The number of fused-ring (bicyclic) bond motifs is 1. The highest BCUT2D eigenvalue weighted by molar-refractivity contribution is 5.93. The van der Waals surface area contributed by atoms with Crippen LogP contribution in [-0.2, 0) is 13.6 Å². The first-order valence-electron chi connectivity index (χ1n) is 7.33. The molecule has 22 heavy (non-hydrogen) atoms. The van der Waals surface area contributed by atoms with Crippen LogP contribution in [0.15, 0.2) is 36.8 Å². The maximum Gasteiger partial charge on any atom is 0.254 e. The molecule has 0 saturated heterocycles. The summed E-state index contributed by atoms with van der Waals surface area (Å²) in [6.07, 6.45) is 6.01. The quantitative estimate of drug-likeness (QED) is 0.732. The molecule has 3 aromatic rings. The van der Waals surface area contributed by atoms with Gasteiger partial charge in [-0.1, -0.05) is 12.1 Å². The molecule has 1 N–H and O–H groups in total. The highest BCUT2D eigenvalue weighted by atomic mass is 16.1. The van der Waals surface area contributed by atoms with Crippen LogP contribution in [0.25, 0.3) is 10.9 Å². The van der Waals surface area contributed by atoms with Gasteiger partial charge in [0.15, 0.2) is 0 Å². The summed E-state index contributed by atoms with van der Waals surface area (Å²) in [7, 11) is 1.79. The van der Waals surface area contributed by atoms with E-state index in [9.17, 15) is 4.79 Å². The van der Waals surface area contributed by atoms with Crippen molar-refractivity contribution in [2.75, 3.05) is 6.54 Å². The average Bonchev–Trinajstić information content (AvgIpc) is 3.11. The van der Waals surface area contributed by atoms with Crippen molar-refractivity contribution in [3.05, 3.63) is 47.9 Å².